The van der Waals surface area contributed by atoms with E-state index in [4.69, 9.17) is 19.7 Å². The smallest absolute Gasteiger partial charge is 0.236 e. The maximum absolute atomic E-state index is 6.09. The summed E-state index contributed by atoms with van der Waals surface area (Å²) >= 11 is 0. The van der Waals surface area contributed by atoms with Crippen LogP contribution in [0.3, 0.4) is 0 Å². The molecule has 0 amide bonds. The second-order valence-corrected chi connectivity index (χ2v) is 5.67. The Labute approximate surface area is 123 Å². The van der Waals surface area contributed by atoms with Gasteiger partial charge in [0.1, 0.15) is 5.75 Å². The number of nitrogens with zero attached hydrogens (tertiary/aromatic N) is 2. The Morgan fingerprint density at radius 3 is 2.90 bits per heavy atom. The molecule has 1 aromatic carbocycles. The average Bonchev–Trinajstić information content (AvgIpc) is 3.08. The van der Waals surface area contributed by atoms with E-state index in [0.29, 0.717) is 24.9 Å². The van der Waals surface area contributed by atoms with Gasteiger partial charge in [-0.05, 0) is 31.5 Å². The van der Waals surface area contributed by atoms with E-state index in [1.807, 2.05) is 32.0 Å². The average molecular weight is 289 g/mol. The fourth-order valence-electron chi connectivity index (χ4n) is 2.46. The molecule has 0 aliphatic carbocycles. The van der Waals surface area contributed by atoms with Crippen LogP contribution in [0.15, 0.2) is 22.7 Å². The zero-order valence-electron chi connectivity index (χ0n) is 12.4. The fourth-order valence-corrected chi connectivity index (χ4v) is 2.46. The zero-order valence-corrected chi connectivity index (χ0v) is 12.4. The summed E-state index contributed by atoms with van der Waals surface area (Å²) in [4.78, 5) is 4.51. The molecule has 2 unspecified atom stereocenters. The monoisotopic (exact) mass is 289 g/mol. The quantitative estimate of drug-likeness (QED) is 0.925. The second kappa shape index (κ2) is 5.13. The van der Waals surface area contributed by atoms with Crippen LogP contribution in [0.2, 0.25) is 0 Å². The van der Waals surface area contributed by atoms with Gasteiger partial charge < -0.3 is 19.7 Å². The van der Waals surface area contributed by atoms with Gasteiger partial charge in [-0.25, -0.2) is 0 Å². The lowest BCUT2D eigenvalue weighted by Gasteiger charge is -2.21. The minimum absolute atomic E-state index is 0.147. The molecule has 1 aromatic heterocycles. The molecule has 6 heteroatoms. The van der Waals surface area contributed by atoms with Crippen LogP contribution in [-0.2, 0) is 10.2 Å². The molecule has 2 heterocycles. The Hall–Kier alpha value is -1.92. The predicted molar refractivity (Wildman–Crippen MR) is 77.2 cm³/mol. The number of benzene rings is 1. The lowest BCUT2D eigenvalue weighted by atomic mass is 9.86. The fraction of sp³-hybridized carbons (Fsp3) is 0.467. The van der Waals surface area contributed by atoms with E-state index in [2.05, 4.69) is 10.1 Å². The van der Waals surface area contributed by atoms with Gasteiger partial charge in [0.05, 0.1) is 31.3 Å². The van der Waals surface area contributed by atoms with Crippen LogP contribution in [0.1, 0.15) is 18.4 Å². The molecule has 2 atom stereocenters. The normalized spacial score (nSPS) is 25.2. The van der Waals surface area contributed by atoms with Crippen LogP contribution in [0.5, 0.6) is 5.75 Å². The molecule has 21 heavy (non-hydrogen) atoms. The minimum Gasteiger partial charge on any atom is -0.496 e. The van der Waals surface area contributed by atoms with E-state index in [-0.39, 0.29) is 6.04 Å². The molecular formula is C15H19N3O3. The van der Waals surface area contributed by atoms with E-state index in [1.54, 1.807) is 7.11 Å². The Morgan fingerprint density at radius 2 is 2.24 bits per heavy atom. The first-order chi connectivity index (χ1) is 10.0. The Balaban J connectivity index is 1.99. The Kier molecular flexibility index (Phi) is 3.43. The highest BCUT2D eigenvalue weighted by Gasteiger charge is 2.44. The molecule has 2 aromatic rings. The topological polar surface area (TPSA) is 83.4 Å². The van der Waals surface area contributed by atoms with Crippen molar-refractivity contribution in [2.24, 2.45) is 5.73 Å². The number of hydrogen-bond donors (Lipinski definition) is 1. The van der Waals surface area contributed by atoms with Crippen LogP contribution in [-0.4, -0.2) is 36.5 Å². The molecule has 1 aliphatic rings. The molecule has 0 radical (unpaired) electrons. The first-order valence-corrected chi connectivity index (χ1v) is 6.87. The van der Waals surface area contributed by atoms with Crippen molar-refractivity contribution >= 4 is 0 Å². The molecule has 1 aliphatic heterocycles. The molecule has 2 N–H and O–H groups in total. The molecule has 0 bridgehead atoms. The molecule has 1 saturated heterocycles. The van der Waals surface area contributed by atoms with Crippen LogP contribution < -0.4 is 10.5 Å². The summed E-state index contributed by atoms with van der Waals surface area (Å²) in [5, 5.41) is 4.07. The van der Waals surface area contributed by atoms with E-state index in [1.165, 1.54) is 0 Å². The summed E-state index contributed by atoms with van der Waals surface area (Å²) in [5.74, 6) is 1.73. The molecule has 3 rings (SSSR count). The predicted octanol–water partition coefficient (Wildman–Crippen LogP) is 1.67. The third-order valence-electron chi connectivity index (χ3n) is 4.03. The van der Waals surface area contributed by atoms with Gasteiger partial charge in [0.2, 0.25) is 11.7 Å². The van der Waals surface area contributed by atoms with Crippen molar-refractivity contribution in [3.05, 3.63) is 29.7 Å². The maximum atomic E-state index is 6.09. The highest BCUT2D eigenvalue weighted by Crippen LogP contribution is 2.34. The summed E-state index contributed by atoms with van der Waals surface area (Å²) in [6, 6.07) is 5.71. The van der Waals surface area contributed by atoms with Crippen molar-refractivity contribution in [1.29, 1.82) is 0 Å². The van der Waals surface area contributed by atoms with Gasteiger partial charge in [-0.3, -0.25) is 0 Å². The van der Waals surface area contributed by atoms with E-state index in [9.17, 15) is 0 Å². The van der Waals surface area contributed by atoms with Crippen molar-refractivity contribution in [2.75, 3.05) is 20.3 Å². The van der Waals surface area contributed by atoms with Crippen molar-refractivity contribution < 1.29 is 14.0 Å². The van der Waals surface area contributed by atoms with Gasteiger partial charge in [-0.1, -0.05) is 11.2 Å². The summed E-state index contributed by atoms with van der Waals surface area (Å²) in [6.07, 6.45) is 0. The summed E-state index contributed by atoms with van der Waals surface area (Å²) in [5.41, 5.74) is 7.56. The first-order valence-electron chi connectivity index (χ1n) is 6.87. The van der Waals surface area contributed by atoms with Crippen LogP contribution in [0.25, 0.3) is 11.4 Å². The van der Waals surface area contributed by atoms with Gasteiger partial charge in [-0.2, -0.15) is 4.98 Å². The van der Waals surface area contributed by atoms with E-state index >= 15 is 0 Å². The number of ether oxygens (including phenoxy) is 2. The lowest BCUT2D eigenvalue weighted by molar-refractivity contribution is 0.169. The zero-order chi connectivity index (χ0) is 15.0. The number of nitrogens with two attached hydrogens (primary N) is 1. The largest absolute Gasteiger partial charge is 0.496 e. The molecular weight excluding hydrogens is 270 g/mol. The Bertz CT molecular complexity index is 655. The van der Waals surface area contributed by atoms with Crippen LogP contribution in [0, 0.1) is 6.92 Å². The van der Waals surface area contributed by atoms with Gasteiger partial charge in [0.15, 0.2) is 0 Å². The van der Waals surface area contributed by atoms with Gasteiger partial charge in [-0.15, -0.1) is 0 Å². The number of aryl methyl sites for hydroxylation is 1. The third-order valence-corrected chi connectivity index (χ3v) is 4.03. The standard InChI is InChI=1S/C15H19N3O3/c1-9-4-5-10(11(6-9)19-3)13-17-14(21-18-13)15(2)8-20-7-12(15)16/h4-6,12H,7-8,16H2,1-3H3. The first kappa shape index (κ1) is 14.0. The number of aromatic nitrogens is 2. The van der Waals surface area contributed by atoms with Crippen molar-refractivity contribution in [2.45, 2.75) is 25.3 Å². The van der Waals surface area contributed by atoms with Gasteiger partial charge in [0.25, 0.3) is 0 Å². The number of hydrogen-bond acceptors (Lipinski definition) is 6. The number of rotatable bonds is 3. The number of methoxy groups -OCH3 is 1. The molecule has 6 nitrogen and oxygen atoms in total. The second-order valence-electron chi connectivity index (χ2n) is 5.67. The lowest BCUT2D eigenvalue weighted by Crippen LogP contribution is -2.42. The third kappa shape index (κ3) is 2.30. The van der Waals surface area contributed by atoms with E-state index < -0.39 is 5.41 Å². The van der Waals surface area contributed by atoms with Gasteiger partial charge in [0, 0.05) is 6.04 Å². The van der Waals surface area contributed by atoms with Crippen molar-refractivity contribution in [3.8, 4) is 17.1 Å². The SMILES string of the molecule is COc1cc(C)ccc1-c1noc(C2(C)COCC2N)n1. The summed E-state index contributed by atoms with van der Waals surface area (Å²) in [7, 11) is 1.63. The van der Waals surface area contributed by atoms with Crippen LogP contribution >= 0.6 is 0 Å². The summed E-state index contributed by atoms with van der Waals surface area (Å²) in [6.45, 7) is 4.97. The highest BCUT2D eigenvalue weighted by atomic mass is 16.5. The summed E-state index contributed by atoms with van der Waals surface area (Å²) < 4.78 is 16.2. The maximum Gasteiger partial charge on any atom is 0.236 e. The molecule has 112 valence electrons. The molecule has 0 spiro atoms. The minimum atomic E-state index is -0.441. The molecule has 0 saturated carbocycles. The van der Waals surface area contributed by atoms with Crippen molar-refractivity contribution in [1.82, 2.24) is 10.1 Å². The van der Waals surface area contributed by atoms with E-state index in [0.717, 1.165) is 16.9 Å². The van der Waals surface area contributed by atoms with Crippen LogP contribution in [0.4, 0.5) is 0 Å². The van der Waals surface area contributed by atoms with Crippen molar-refractivity contribution in [3.63, 3.8) is 0 Å². The highest BCUT2D eigenvalue weighted by molar-refractivity contribution is 5.64. The van der Waals surface area contributed by atoms with Gasteiger partial charge >= 0.3 is 0 Å². The molecule has 1 fully saturated rings. The Morgan fingerprint density at radius 1 is 1.43 bits per heavy atom.